The molecule has 0 radical (unpaired) electrons. The number of halogens is 5. The lowest BCUT2D eigenvalue weighted by Gasteiger charge is -2.32. The number of alkyl halides is 5. The number of hydrogen-bond donors (Lipinski definition) is 2. The normalized spacial score (nSPS) is 21.0. The van der Waals surface area contributed by atoms with Gasteiger partial charge in [-0.25, -0.2) is 23.5 Å². The maximum Gasteiger partial charge on any atom is 0.410 e. The van der Waals surface area contributed by atoms with Gasteiger partial charge in [0.2, 0.25) is 17.6 Å². The van der Waals surface area contributed by atoms with Crippen molar-refractivity contribution in [1.29, 1.82) is 0 Å². The van der Waals surface area contributed by atoms with Gasteiger partial charge in [0.05, 0.1) is 24.9 Å². The second-order valence-electron chi connectivity index (χ2n) is 10.6. The number of methoxy groups -OCH3 is 1. The topological polar surface area (TPSA) is 123 Å². The molecule has 2 N–H and O–H groups in total. The Bertz CT molecular complexity index is 1430. The maximum absolute atomic E-state index is 14.0. The summed E-state index contributed by atoms with van der Waals surface area (Å²) < 4.78 is 84.3. The van der Waals surface area contributed by atoms with Crippen LogP contribution in [0.2, 0.25) is 0 Å². The van der Waals surface area contributed by atoms with Crippen molar-refractivity contribution < 1.29 is 45.1 Å². The minimum absolute atomic E-state index is 0.00509. The number of rotatable bonds is 9. The summed E-state index contributed by atoms with van der Waals surface area (Å²) in [5, 5.41) is 4.79. The third-order valence-electron chi connectivity index (χ3n) is 7.81. The fourth-order valence-corrected chi connectivity index (χ4v) is 5.53. The van der Waals surface area contributed by atoms with E-state index < -0.39 is 54.6 Å². The Morgan fingerprint density at radius 3 is 2.67 bits per heavy atom. The van der Waals surface area contributed by atoms with Gasteiger partial charge in [-0.3, -0.25) is 4.79 Å². The molecule has 0 spiro atoms. The number of urea groups is 1. The van der Waals surface area contributed by atoms with Gasteiger partial charge in [0.25, 0.3) is 5.91 Å². The average molecular weight is 600 g/mol. The third-order valence-corrected chi connectivity index (χ3v) is 7.81. The zero-order chi connectivity index (χ0) is 30.2. The molecule has 3 heterocycles. The highest BCUT2D eigenvalue weighted by Crippen LogP contribution is 2.42. The van der Waals surface area contributed by atoms with Gasteiger partial charge in [-0.2, -0.15) is 13.2 Å². The molecule has 3 amide bonds. The van der Waals surface area contributed by atoms with E-state index in [4.69, 9.17) is 13.6 Å². The molecule has 228 valence electrons. The summed E-state index contributed by atoms with van der Waals surface area (Å²) in [7, 11) is 1.37. The first-order valence-electron chi connectivity index (χ1n) is 13.5. The number of carbonyl (C=O) groups is 2. The van der Waals surface area contributed by atoms with Gasteiger partial charge in [-0.1, -0.05) is 13.0 Å². The summed E-state index contributed by atoms with van der Waals surface area (Å²) in [6.07, 6.45) is -3.51. The van der Waals surface area contributed by atoms with Crippen LogP contribution in [-0.4, -0.2) is 65.2 Å². The number of amides is 3. The molecule has 10 nitrogen and oxygen atoms in total. The first-order valence-corrected chi connectivity index (χ1v) is 13.5. The number of nitrogens with one attached hydrogen (secondary N) is 2. The van der Waals surface area contributed by atoms with Crippen LogP contribution in [0.15, 0.2) is 33.4 Å². The van der Waals surface area contributed by atoms with E-state index in [1.54, 1.807) is 25.1 Å². The molecular formula is C27H30F5N5O5. The quantitative estimate of drug-likeness (QED) is 0.319. The standard InChI is InChI=1S/C27H30F5N5O5/c1-3-16-22(41-13-33-16)23(38)36-21(14-6-8-26(28,29)9-7-14)24-34-17-10-15(4-5-19(17)42-24)18(12-40-2)37-11-20(27(30,31)32)35-25(37)39/h4-5,10,13-14,18,20-21H,3,6-9,11-12H2,1-2H3,(H,35,39)(H,36,38). The van der Waals surface area contributed by atoms with Crippen molar-refractivity contribution in [3.8, 4) is 0 Å². The minimum Gasteiger partial charge on any atom is -0.438 e. The molecule has 1 saturated heterocycles. The molecule has 15 heteroatoms. The number of aromatic nitrogens is 2. The van der Waals surface area contributed by atoms with Crippen LogP contribution in [-0.2, 0) is 11.2 Å². The van der Waals surface area contributed by atoms with Gasteiger partial charge >= 0.3 is 12.2 Å². The third kappa shape index (κ3) is 6.05. The largest absolute Gasteiger partial charge is 0.438 e. The Hall–Kier alpha value is -3.75. The molecule has 2 fully saturated rings. The molecule has 5 rings (SSSR count). The molecule has 3 unspecified atom stereocenters. The molecular weight excluding hydrogens is 569 g/mol. The van der Waals surface area contributed by atoms with Crippen LogP contribution in [0, 0.1) is 5.92 Å². The number of ether oxygens (including phenoxy) is 1. The van der Waals surface area contributed by atoms with E-state index in [0.717, 1.165) is 11.3 Å². The lowest BCUT2D eigenvalue weighted by molar-refractivity contribution is -0.150. The molecule has 1 saturated carbocycles. The fourth-order valence-electron chi connectivity index (χ4n) is 5.53. The van der Waals surface area contributed by atoms with Gasteiger partial charge in [0.1, 0.15) is 17.6 Å². The van der Waals surface area contributed by atoms with Crippen molar-refractivity contribution >= 4 is 23.0 Å². The monoisotopic (exact) mass is 599 g/mol. The number of benzene rings is 1. The highest BCUT2D eigenvalue weighted by atomic mass is 19.4. The van der Waals surface area contributed by atoms with Crippen LogP contribution >= 0.6 is 0 Å². The van der Waals surface area contributed by atoms with Crippen molar-refractivity contribution in [2.24, 2.45) is 5.92 Å². The predicted octanol–water partition coefficient (Wildman–Crippen LogP) is 5.32. The number of fused-ring (bicyclic) bond motifs is 1. The lowest BCUT2D eigenvalue weighted by Crippen LogP contribution is -2.40. The molecule has 1 aliphatic carbocycles. The van der Waals surface area contributed by atoms with Gasteiger partial charge in [-0.15, -0.1) is 0 Å². The van der Waals surface area contributed by atoms with Crippen molar-refractivity contribution in [3.05, 3.63) is 47.5 Å². The summed E-state index contributed by atoms with van der Waals surface area (Å²) in [6.45, 7) is 1.13. The predicted molar refractivity (Wildman–Crippen MR) is 137 cm³/mol. The van der Waals surface area contributed by atoms with E-state index >= 15 is 0 Å². The van der Waals surface area contributed by atoms with Gasteiger partial charge in [0, 0.05) is 20.0 Å². The van der Waals surface area contributed by atoms with Crippen LogP contribution in [0.3, 0.4) is 0 Å². The summed E-state index contributed by atoms with van der Waals surface area (Å²) >= 11 is 0. The highest BCUT2D eigenvalue weighted by molar-refractivity contribution is 5.92. The number of carbonyl (C=O) groups excluding carboxylic acids is 2. The van der Waals surface area contributed by atoms with E-state index in [2.05, 4.69) is 15.3 Å². The van der Waals surface area contributed by atoms with Gasteiger partial charge in [-0.05, 0) is 42.9 Å². The van der Waals surface area contributed by atoms with Crippen molar-refractivity contribution in [2.75, 3.05) is 20.3 Å². The molecule has 3 aromatic rings. The molecule has 42 heavy (non-hydrogen) atoms. The fraction of sp³-hybridized carbons (Fsp3) is 0.556. The van der Waals surface area contributed by atoms with Crippen LogP contribution in [0.25, 0.3) is 11.1 Å². The Balaban J connectivity index is 1.45. The zero-order valence-corrected chi connectivity index (χ0v) is 22.8. The minimum atomic E-state index is -4.61. The Kier molecular flexibility index (Phi) is 8.14. The van der Waals surface area contributed by atoms with Crippen molar-refractivity contribution in [2.45, 2.75) is 69.3 Å². The van der Waals surface area contributed by atoms with Crippen LogP contribution in [0.4, 0.5) is 26.7 Å². The van der Waals surface area contributed by atoms with E-state index in [9.17, 15) is 31.5 Å². The summed E-state index contributed by atoms with van der Waals surface area (Å²) in [5.41, 5.74) is 1.50. The second kappa shape index (κ2) is 11.5. The average Bonchev–Trinajstić information content (AvgIpc) is 3.68. The number of hydrogen-bond acceptors (Lipinski definition) is 7. The summed E-state index contributed by atoms with van der Waals surface area (Å²) in [4.78, 5) is 35.2. The van der Waals surface area contributed by atoms with Crippen molar-refractivity contribution in [1.82, 2.24) is 25.5 Å². The molecule has 1 aromatic carbocycles. The number of nitrogens with zero attached hydrogens (tertiary/aromatic N) is 3. The Morgan fingerprint density at radius 2 is 2.02 bits per heavy atom. The van der Waals surface area contributed by atoms with E-state index in [1.165, 1.54) is 7.11 Å². The van der Waals surface area contributed by atoms with E-state index in [1.807, 2.05) is 5.32 Å². The Morgan fingerprint density at radius 1 is 1.29 bits per heavy atom. The smallest absolute Gasteiger partial charge is 0.410 e. The summed E-state index contributed by atoms with van der Waals surface area (Å²) in [5.74, 6) is -3.71. The molecule has 0 bridgehead atoms. The first-order chi connectivity index (χ1) is 19.9. The highest BCUT2D eigenvalue weighted by Gasteiger charge is 2.48. The summed E-state index contributed by atoms with van der Waals surface area (Å²) in [6, 6.07) is 0.0880. The van der Waals surface area contributed by atoms with Crippen LogP contribution < -0.4 is 10.6 Å². The molecule has 3 atom stereocenters. The SMILES string of the molecule is CCc1ncoc1C(=O)NC(c1nc2cc(C(COC)N3CC(C(F)(F)F)NC3=O)ccc2o1)C1CCC(F)(F)CC1. The second-order valence-corrected chi connectivity index (χ2v) is 10.6. The molecule has 2 aliphatic rings. The van der Waals surface area contributed by atoms with E-state index in [0.29, 0.717) is 28.8 Å². The maximum atomic E-state index is 14.0. The van der Waals surface area contributed by atoms with Gasteiger partial charge < -0.3 is 29.1 Å². The number of oxazole rings is 2. The van der Waals surface area contributed by atoms with Crippen LogP contribution in [0.5, 0.6) is 0 Å². The first kappa shape index (κ1) is 29.7. The molecule has 1 aliphatic heterocycles. The zero-order valence-electron chi connectivity index (χ0n) is 22.8. The van der Waals surface area contributed by atoms with E-state index in [-0.39, 0.29) is 43.9 Å². The number of aryl methyl sites for hydroxylation is 1. The Labute approximate surface area is 237 Å². The lowest BCUT2D eigenvalue weighted by atomic mass is 9.82. The van der Waals surface area contributed by atoms with Crippen LogP contribution in [0.1, 0.15) is 72.4 Å². The van der Waals surface area contributed by atoms with Crippen molar-refractivity contribution in [3.63, 3.8) is 0 Å². The van der Waals surface area contributed by atoms with Gasteiger partial charge in [0.15, 0.2) is 12.0 Å². The molecule has 2 aromatic heterocycles.